The number of benzene rings is 3. The van der Waals surface area contributed by atoms with Crippen molar-refractivity contribution in [2.75, 3.05) is 5.32 Å². The summed E-state index contributed by atoms with van der Waals surface area (Å²) in [6.45, 7) is 0. The normalized spacial score (nSPS) is 21.0. The molecule has 1 fully saturated rings. The summed E-state index contributed by atoms with van der Waals surface area (Å²) >= 11 is 0. The van der Waals surface area contributed by atoms with E-state index < -0.39 is 0 Å². The molecule has 3 aromatic rings. The molecule has 0 saturated heterocycles. The Hall–Kier alpha value is -2.48. The number of rotatable bonds is 2. The topological polar surface area (TPSA) is 21.3 Å². The first-order valence-corrected chi connectivity index (χ1v) is 9.35. The van der Waals surface area contributed by atoms with Gasteiger partial charge in [0, 0.05) is 23.1 Å². The van der Waals surface area contributed by atoms with Crippen LogP contribution in [0.5, 0.6) is 5.75 Å². The number of para-hydroxylation sites is 1. The second-order valence-corrected chi connectivity index (χ2v) is 7.46. The van der Waals surface area contributed by atoms with Gasteiger partial charge in [0.05, 0.1) is 6.04 Å². The summed E-state index contributed by atoms with van der Waals surface area (Å²) in [5.74, 6) is 1.06. The van der Waals surface area contributed by atoms with Gasteiger partial charge in [-0.2, -0.15) is 0 Å². The molecule has 0 radical (unpaired) electrons. The van der Waals surface area contributed by atoms with Crippen LogP contribution in [0, 0.1) is 0 Å². The van der Waals surface area contributed by atoms with Gasteiger partial charge in [-0.3, -0.25) is 0 Å². The van der Waals surface area contributed by atoms with Crippen LogP contribution in [-0.4, -0.2) is 5.60 Å². The van der Waals surface area contributed by atoms with Gasteiger partial charge in [-0.15, -0.1) is 0 Å². The Morgan fingerprint density at radius 1 is 0.840 bits per heavy atom. The van der Waals surface area contributed by atoms with Gasteiger partial charge < -0.3 is 10.1 Å². The van der Waals surface area contributed by atoms with E-state index in [9.17, 15) is 0 Å². The van der Waals surface area contributed by atoms with Crippen LogP contribution in [0.4, 0.5) is 5.69 Å². The fourth-order valence-corrected chi connectivity index (χ4v) is 4.61. The standard InChI is InChI=1S/C23H23NO/c1-2-10-18-17(8-1)9-7-12-20(18)24-21-16-23(14-5-6-15-23)25-22-13-4-3-11-19(21)22/h1-4,7-13,21,24H,5-6,14-16H2. The lowest BCUT2D eigenvalue weighted by Gasteiger charge is -2.40. The third kappa shape index (κ3) is 2.57. The Labute approximate surface area is 148 Å². The van der Waals surface area contributed by atoms with Crippen molar-refractivity contribution in [2.45, 2.75) is 43.7 Å². The molecule has 1 heterocycles. The molecule has 1 aliphatic heterocycles. The highest BCUT2D eigenvalue weighted by Crippen LogP contribution is 2.48. The van der Waals surface area contributed by atoms with Crippen molar-refractivity contribution in [1.29, 1.82) is 0 Å². The molecule has 2 nitrogen and oxygen atoms in total. The lowest BCUT2D eigenvalue weighted by molar-refractivity contribution is 0.0453. The van der Waals surface area contributed by atoms with Gasteiger partial charge in [0.25, 0.3) is 0 Å². The summed E-state index contributed by atoms with van der Waals surface area (Å²) in [7, 11) is 0. The molecule has 1 atom stereocenters. The zero-order valence-corrected chi connectivity index (χ0v) is 14.4. The first kappa shape index (κ1) is 14.8. The molecule has 0 bridgehead atoms. The van der Waals surface area contributed by atoms with Crippen LogP contribution < -0.4 is 10.1 Å². The molecule has 5 rings (SSSR count). The Morgan fingerprint density at radius 2 is 1.60 bits per heavy atom. The van der Waals surface area contributed by atoms with E-state index in [2.05, 4.69) is 72.0 Å². The lowest BCUT2D eigenvalue weighted by Crippen LogP contribution is -2.40. The maximum atomic E-state index is 6.50. The van der Waals surface area contributed by atoms with Gasteiger partial charge in [0.15, 0.2) is 0 Å². The highest BCUT2D eigenvalue weighted by Gasteiger charge is 2.43. The largest absolute Gasteiger partial charge is 0.487 e. The van der Waals surface area contributed by atoms with Crippen molar-refractivity contribution in [3.8, 4) is 5.75 Å². The van der Waals surface area contributed by atoms with E-state index in [-0.39, 0.29) is 5.60 Å². The van der Waals surface area contributed by atoms with Gasteiger partial charge in [-0.1, -0.05) is 54.6 Å². The maximum Gasteiger partial charge on any atom is 0.125 e. The van der Waals surface area contributed by atoms with Gasteiger partial charge in [-0.05, 0) is 43.2 Å². The van der Waals surface area contributed by atoms with Crippen LogP contribution in [0.15, 0.2) is 66.7 Å². The lowest BCUT2D eigenvalue weighted by atomic mass is 9.85. The first-order chi connectivity index (χ1) is 12.3. The summed E-state index contributed by atoms with van der Waals surface area (Å²) in [6, 6.07) is 24.0. The van der Waals surface area contributed by atoms with E-state index in [0.29, 0.717) is 6.04 Å². The van der Waals surface area contributed by atoms with Crippen LogP contribution in [0.2, 0.25) is 0 Å². The fourth-order valence-electron chi connectivity index (χ4n) is 4.61. The minimum absolute atomic E-state index is 0.0244. The monoisotopic (exact) mass is 329 g/mol. The minimum atomic E-state index is 0.0244. The molecular formula is C23H23NO. The summed E-state index contributed by atoms with van der Waals surface area (Å²) in [6.07, 6.45) is 5.96. The smallest absolute Gasteiger partial charge is 0.125 e. The number of anilines is 1. The van der Waals surface area contributed by atoms with Crippen LogP contribution in [-0.2, 0) is 0 Å². The van der Waals surface area contributed by atoms with E-state index in [1.165, 1.54) is 47.7 Å². The predicted octanol–water partition coefficient (Wildman–Crippen LogP) is 6.09. The SMILES string of the molecule is c1ccc2c(c1)OC1(CCCC1)CC2Nc1cccc2ccccc12. The Balaban J connectivity index is 1.56. The van der Waals surface area contributed by atoms with E-state index in [0.717, 1.165) is 12.2 Å². The van der Waals surface area contributed by atoms with Crippen molar-refractivity contribution in [2.24, 2.45) is 0 Å². The van der Waals surface area contributed by atoms with Crippen molar-refractivity contribution in [3.63, 3.8) is 0 Å². The number of fused-ring (bicyclic) bond motifs is 2. The zero-order chi connectivity index (χ0) is 16.7. The van der Waals surface area contributed by atoms with Crippen LogP contribution in [0.3, 0.4) is 0 Å². The summed E-state index contributed by atoms with van der Waals surface area (Å²) in [5, 5.41) is 6.42. The van der Waals surface area contributed by atoms with E-state index in [1.807, 2.05) is 0 Å². The predicted molar refractivity (Wildman–Crippen MR) is 103 cm³/mol. The van der Waals surface area contributed by atoms with Crippen molar-refractivity contribution in [1.82, 2.24) is 0 Å². The third-order valence-corrected chi connectivity index (χ3v) is 5.83. The van der Waals surface area contributed by atoms with Crippen LogP contribution >= 0.6 is 0 Å². The van der Waals surface area contributed by atoms with Gasteiger partial charge in [0.2, 0.25) is 0 Å². The zero-order valence-electron chi connectivity index (χ0n) is 14.4. The summed E-state index contributed by atoms with van der Waals surface area (Å²) in [5.41, 5.74) is 2.53. The maximum absolute atomic E-state index is 6.50. The van der Waals surface area contributed by atoms with Gasteiger partial charge in [-0.25, -0.2) is 0 Å². The van der Waals surface area contributed by atoms with Crippen molar-refractivity contribution >= 4 is 16.5 Å². The second-order valence-electron chi connectivity index (χ2n) is 7.46. The van der Waals surface area contributed by atoms with E-state index in [4.69, 9.17) is 4.74 Å². The first-order valence-electron chi connectivity index (χ1n) is 9.35. The molecule has 1 spiro atoms. The fraction of sp³-hybridized carbons (Fsp3) is 0.304. The molecule has 2 aliphatic rings. The molecule has 1 N–H and O–H groups in total. The Kier molecular flexibility index (Phi) is 3.44. The number of hydrogen-bond acceptors (Lipinski definition) is 2. The van der Waals surface area contributed by atoms with Gasteiger partial charge >= 0.3 is 0 Å². The minimum Gasteiger partial charge on any atom is -0.487 e. The molecule has 25 heavy (non-hydrogen) atoms. The highest BCUT2D eigenvalue weighted by molar-refractivity contribution is 5.94. The average Bonchev–Trinajstić information content (AvgIpc) is 3.09. The summed E-state index contributed by atoms with van der Waals surface area (Å²) in [4.78, 5) is 0. The molecular weight excluding hydrogens is 306 g/mol. The third-order valence-electron chi connectivity index (χ3n) is 5.83. The second kappa shape index (κ2) is 5.80. The van der Waals surface area contributed by atoms with Crippen LogP contribution in [0.1, 0.15) is 43.7 Å². The molecule has 126 valence electrons. The quantitative estimate of drug-likeness (QED) is 0.614. The van der Waals surface area contributed by atoms with Crippen molar-refractivity contribution < 1.29 is 4.74 Å². The van der Waals surface area contributed by atoms with Crippen molar-refractivity contribution in [3.05, 3.63) is 72.3 Å². The number of hydrogen-bond donors (Lipinski definition) is 1. The molecule has 0 amide bonds. The molecule has 1 aliphatic carbocycles. The van der Waals surface area contributed by atoms with E-state index >= 15 is 0 Å². The molecule has 0 aromatic heterocycles. The molecule has 1 saturated carbocycles. The van der Waals surface area contributed by atoms with E-state index in [1.54, 1.807) is 0 Å². The number of ether oxygens (including phenoxy) is 1. The Morgan fingerprint density at radius 3 is 2.52 bits per heavy atom. The summed E-state index contributed by atoms with van der Waals surface area (Å²) < 4.78 is 6.50. The van der Waals surface area contributed by atoms with Gasteiger partial charge in [0.1, 0.15) is 11.4 Å². The highest BCUT2D eigenvalue weighted by atomic mass is 16.5. The van der Waals surface area contributed by atoms with Crippen LogP contribution in [0.25, 0.3) is 10.8 Å². The Bertz CT molecular complexity index is 905. The molecule has 1 unspecified atom stereocenters. The molecule has 3 aromatic carbocycles. The average molecular weight is 329 g/mol. The molecule has 2 heteroatoms. The number of nitrogens with one attached hydrogen (secondary N) is 1.